The summed E-state index contributed by atoms with van der Waals surface area (Å²) in [5, 5.41) is 11.8. The molecule has 0 amide bonds. The number of carboxylic acids is 1. The van der Waals surface area contributed by atoms with E-state index in [4.69, 9.17) is 5.11 Å². The van der Waals surface area contributed by atoms with Gasteiger partial charge in [-0.05, 0) is 12.1 Å². The number of ether oxygens (including phenoxy) is 1. The lowest BCUT2D eigenvalue weighted by molar-refractivity contribution is -0.0493. The zero-order valence-electron chi connectivity index (χ0n) is 9.34. The molecule has 0 radical (unpaired) electrons. The highest BCUT2D eigenvalue weighted by Crippen LogP contribution is 2.30. The van der Waals surface area contributed by atoms with Gasteiger partial charge in [-0.2, -0.15) is 8.78 Å². The van der Waals surface area contributed by atoms with Gasteiger partial charge in [0.05, 0.1) is 11.9 Å². The average Bonchev–Trinajstić information content (AvgIpc) is 2.80. The van der Waals surface area contributed by atoms with Crippen LogP contribution in [0.15, 0.2) is 30.5 Å². The van der Waals surface area contributed by atoms with E-state index in [0.29, 0.717) is 0 Å². The molecule has 5 nitrogen and oxygen atoms in total. The van der Waals surface area contributed by atoms with Crippen molar-refractivity contribution < 1.29 is 23.4 Å². The molecule has 19 heavy (non-hydrogen) atoms. The lowest BCUT2D eigenvalue weighted by Crippen LogP contribution is -2.04. The number of nitrogens with one attached hydrogen (secondary N) is 1. The summed E-state index contributed by atoms with van der Waals surface area (Å²) >= 11 is 0.899. The predicted octanol–water partition coefficient (Wildman–Crippen LogP) is 3.19. The van der Waals surface area contributed by atoms with Gasteiger partial charge in [-0.1, -0.05) is 23.5 Å². The number of aromatic carboxylic acids is 1. The van der Waals surface area contributed by atoms with Crippen LogP contribution in [-0.4, -0.2) is 22.7 Å². The second-order valence-electron chi connectivity index (χ2n) is 3.33. The van der Waals surface area contributed by atoms with Crippen molar-refractivity contribution in [3.8, 4) is 5.75 Å². The number of benzene rings is 1. The fraction of sp³-hybridized carbons (Fsp3) is 0.0909. The minimum Gasteiger partial charge on any atom is -0.477 e. The molecule has 0 bridgehead atoms. The van der Waals surface area contributed by atoms with E-state index in [1.807, 2.05) is 0 Å². The van der Waals surface area contributed by atoms with Crippen LogP contribution in [0, 0.1) is 0 Å². The van der Waals surface area contributed by atoms with Crippen molar-refractivity contribution in [3.63, 3.8) is 0 Å². The number of hydrogen-bond donors (Lipinski definition) is 2. The molecule has 0 saturated heterocycles. The maximum Gasteiger partial charge on any atom is 0.387 e. The van der Waals surface area contributed by atoms with Crippen LogP contribution in [0.5, 0.6) is 5.75 Å². The maximum absolute atomic E-state index is 12.2. The van der Waals surface area contributed by atoms with Crippen molar-refractivity contribution in [2.45, 2.75) is 6.61 Å². The molecule has 2 rings (SSSR count). The number of para-hydroxylation sites is 2. The van der Waals surface area contributed by atoms with Gasteiger partial charge in [0.15, 0.2) is 5.13 Å². The quantitative estimate of drug-likeness (QED) is 0.883. The molecule has 0 fully saturated rings. The number of anilines is 2. The molecule has 100 valence electrons. The second-order valence-corrected chi connectivity index (χ2v) is 4.37. The van der Waals surface area contributed by atoms with Gasteiger partial charge in [0.2, 0.25) is 0 Å². The highest BCUT2D eigenvalue weighted by molar-refractivity contribution is 7.17. The van der Waals surface area contributed by atoms with Crippen molar-refractivity contribution in [1.29, 1.82) is 0 Å². The zero-order chi connectivity index (χ0) is 13.8. The van der Waals surface area contributed by atoms with Gasteiger partial charge >= 0.3 is 12.6 Å². The van der Waals surface area contributed by atoms with Gasteiger partial charge in [0.1, 0.15) is 10.6 Å². The highest BCUT2D eigenvalue weighted by atomic mass is 32.1. The number of nitrogens with zero attached hydrogens (tertiary/aromatic N) is 1. The third kappa shape index (κ3) is 3.38. The van der Waals surface area contributed by atoms with Crippen LogP contribution in [0.2, 0.25) is 0 Å². The molecular weight excluding hydrogens is 278 g/mol. The Morgan fingerprint density at radius 2 is 2.16 bits per heavy atom. The molecule has 2 N–H and O–H groups in total. The van der Waals surface area contributed by atoms with Crippen LogP contribution in [0.1, 0.15) is 9.67 Å². The first-order chi connectivity index (χ1) is 9.06. The van der Waals surface area contributed by atoms with Crippen LogP contribution < -0.4 is 10.1 Å². The summed E-state index contributed by atoms with van der Waals surface area (Å²) in [7, 11) is 0. The Labute approximate surface area is 110 Å². The molecule has 0 unspecified atom stereocenters. The van der Waals surface area contributed by atoms with Crippen LogP contribution >= 0.6 is 11.3 Å². The van der Waals surface area contributed by atoms with Gasteiger partial charge < -0.3 is 15.2 Å². The van der Waals surface area contributed by atoms with E-state index in [-0.39, 0.29) is 21.4 Å². The van der Waals surface area contributed by atoms with Crippen LogP contribution in [0.4, 0.5) is 19.6 Å². The molecule has 0 saturated carbocycles. The smallest absolute Gasteiger partial charge is 0.387 e. The molecular formula is C11H8F2N2O3S. The fourth-order valence-electron chi connectivity index (χ4n) is 1.31. The first-order valence-corrected chi connectivity index (χ1v) is 5.88. The summed E-state index contributed by atoms with van der Waals surface area (Å²) in [5.74, 6) is -1.13. The van der Waals surface area contributed by atoms with E-state index in [1.54, 1.807) is 12.1 Å². The average molecular weight is 286 g/mol. The SMILES string of the molecule is O=C(O)c1cnc(Nc2ccccc2OC(F)F)s1. The van der Waals surface area contributed by atoms with Crippen molar-refractivity contribution in [1.82, 2.24) is 4.98 Å². The van der Waals surface area contributed by atoms with Crippen molar-refractivity contribution in [2.75, 3.05) is 5.32 Å². The Kier molecular flexibility index (Phi) is 3.91. The van der Waals surface area contributed by atoms with Crippen molar-refractivity contribution in [3.05, 3.63) is 35.3 Å². The zero-order valence-corrected chi connectivity index (χ0v) is 10.2. The molecule has 0 aliphatic carbocycles. The van der Waals surface area contributed by atoms with Crippen LogP contribution in [-0.2, 0) is 0 Å². The van der Waals surface area contributed by atoms with Crippen LogP contribution in [0.25, 0.3) is 0 Å². The molecule has 0 aliphatic heterocycles. The topological polar surface area (TPSA) is 71.5 Å². The number of rotatable bonds is 5. The number of halogens is 2. The lowest BCUT2D eigenvalue weighted by atomic mass is 10.3. The molecule has 2 aromatic rings. The summed E-state index contributed by atoms with van der Waals surface area (Å²) in [6, 6.07) is 6.08. The first-order valence-electron chi connectivity index (χ1n) is 5.06. The Hall–Kier alpha value is -2.22. The molecule has 1 heterocycles. The van der Waals surface area contributed by atoms with E-state index < -0.39 is 12.6 Å². The molecule has 1 aromatic heterocycles. The van der Waals surface area contributed by atoms with E-state index in [1.165, 1.54) is 18.3 Å². The second kappa shape index (κ2) is 5.61. The first kappa shape index (κ1) is 13.2. The van der Waals surface area contributed by atoms with Gasteiger partial charge in [0.25, 0.3) is 0 Å². The van der Waals surface area contributed by atoms with Crippen molar-refractivity contribution >= 4 is 28.1 Å². The molecule has 0 atom stereocenters. The third-order valence-corrected chi connectivity index (χ3v) is 2.96. The minimum atomic E-state index is -2.94. The van der Waals surface area contributed by atoms with Crippen LogP contribution in [0.3, 0.4) is 0 Å². The van der Waals surface area contributed by atoms with Gasteiger partial charge in [-0.25, -0.2) is 9.78 Å². The highest BCUT2D eigenvalue weighted by Gasteiger charge is 2.12. The van der Waals surface area contributed by atoms with E-state index in [0.717, 1.165) is 11.3 Å². The Morgan fingerprint density at radius 3 is 2.79 bits per heavy atom. The number of aromatic nitrogens is 1. The lowest BCUT2D eigenvalue weighted by Gasteiger charge is -2.10. The molecule has 8 heteroatoms. The van der Waals surface area contributed by atoms with Gasteiger partial charge in [0, 0.05) is 0 Å². The third-order valence-electron chi connectivity index (χ3n) is 2.06. The van der Waals surface area contributed by atoms with E-state index in [2.05, 4.69) is 15.0 Å². The predicted molar refractivity (Wildman–Crippen MR) is 65.4 cm³/mol. The molecule has 0 aliphatic rings. The Morgan fingerprint density at radius 1 is 1.42 bits per heavy atom. The van der Waals surface area contributed by atoms with Crippen molar-refractivity contribution in [2.24, 2.45) is 0 Å². The summed E-state index contributed by atoms with van der Waals surface area (Å²) in [6.45, 7) is -2.94. The largest absolute Gasteiger partial charge is 0.477 e. The molecule has 0 spiro atoms. The van der Waals surface area contributed by atoms with Gasteiger partial charge in [-0.3, -0.25) is 0 Å². The standard InChI is InChI=1S/C11H8F2N2O3S/c12-10(13)18-7-4-2-1-3-6(7)15-11-14-5-8(19-11)9(16)17/h1-5,10H,(H,14,15)(H,16,17). The Balaban J connectivity index is 2.20. The maximum atomic E-state index is 12.2. The summed E-state index contributed by atoms with van der Waals surface area (Å²) < 4.78 is 28.8. The van der Waals surface area contributed by atoms with Gasteiger partial charge in [-0.15, -0.1) is 0 Å². The summed E-state index contributed by atoms with van der Waals surface area (Å²) in [4.78, 5) is 14.6. The monoisotopic (exact) mass is 286 g/mol. The van der Waals surface area contributed by atoms with E-state index in [9.17, 15) is 13.6 Å². The molecule has 1 aromatic carbocycles. The normalized spacial score (nSPS) is 10.5. The number of thiazole rings is 1. The summed E-state index contributed by atoms with van der Waals surface area (Å²) in [6.07, 6.45) is 1.19. The number of alkyl halides is 2. The summed E-state index contributed by atoms with van der Waals surface area (Å²) in [5.41, 5.74) is 0.286. The number of carbonyl (C=O) groups is 1. The Bertz CT molecular complexity index is 589. The number of hydrogen-bond acceptors (Lipinski definition) is 5. The fourth-order valence-corrected chi connectivity index (χ4v) is 1.98. The minimum absolute atomic E-state index is 0.0374. The van der Waals surface area contributed by atoms with E-state index >= 15 is 0 Å². The number of carboxylic acid groups (broad SMARTS) is 1.